The Kier molecular flexibility index (Phi) is 3.87. The molecule has 5 nitrogen and oxygen atoms in total. The summed E-state index contributed by atoms with van der Waals surface area (Å²) in [4.78, 5) is 29.8. The fourth-order valence-electron chi connectivity index (χ4n) is 2.58. The van der Waals surface area contributed by atoms with Crippen LogP contribution in [0.5, 0.6) is 0 Å². The molecule has 1 aliphatic heterocycles. The number of benzene rings is 1. The van der Waals surface area contributed by atoms with Gasteiger partial charge in [0.2, 0.25) is 5.91 Å². The Bertz CT molecular complexity index is 713. The second kappa shape index (κ2) is 5.97. The van der Waals surface area contributed by atoms with Gasteiger partial charge in [0.05, 0.1) is 5.56 Å². The maximum absolute atomic E-state index is 12.2. The number of aryl methyl sites for hydroxylation is 1. The normalized spacial score (nSPS) is 14.2. The molecule has 0 atom stereocenters. The first-order valence-corrected chi connectivity index (χ1v) is 7.27. The van der Waals surface area contributed by atoms with Crippen molar-refractivity contribution in [2.75, 3.05) is 16.8 Å². The highest BCUT2D eigenvalue weighted by Crippen LogP contribution is 2.28. The molecule has 1 aromatic heterocycles. The van der Waals surface area contributed by atoms with Gasteiger partial charge in [-0.05, 0) is 43.2 Å². The zero-order valence-corrected chi connectivity index (χ0v) is 12.4. The van der Waals surface area contributed by atoms with Gasteiger partial charge in [-0.3, -0.25) is 14.6 Å². The second-order valence-corrected chi connectivity index (χ2v) is 5.35. The highest BCUT2D eigenvalue weighted by Gasteiger charge is 2.23. The van der Waals surface area contributed by atoms with Gasteiger partial charge >= 0.3 is 0 Å². The van der Waals surface area contributed by atoms with E-state index in [1.54, 1.807) is 23.2 Å². The number of carbonyl (C=O) groups is 2. The third kappa shape index (κ3) is 2.83. The van der Waals surface area contributed by atoms with Gasteiger partial charge in [0.15, 0.2) is 0 Å². The molecule has 2 heterocycles. The first-order chi connectivity index (χ1) is 10.6. The van der Waals surface area contributed by atoms with Crippen molar-refractivity contribution in [3.05, 3.63) is 53.9 Å². The second-order valence-electron chi connectivity index (χ2n) is 5.35. The summed E-state index contributed by atoms with van der Waals surface area (Å²) >= 11 is 0. The predicted octanol–water partition coefficient (Wildman–Crippen LogP) is 2.77. The topological polar surface area (TPSA) is 62.3 Å². The van der Waals surface area contributed by atoms with E-state index in [1.807, 2.05) is 25.1 Å². The summed E-state index contributed by atoms with van der Waals surface area (Å²) < 4.78 is 0. The Labute approximate surface area is 129 Å². The minimum atomic E-state index is -0.212. The van der Waals surface area contributed by atoms with Crippen LogP contribution in [0, 0.1) is 6.92 Å². The monoisotopic (exact) mass is 295 g/mol. The number of pyridine rings is 1. The Morgan fingerprint density at radius 3 is 2.86 bits per heavy atom. The summed E-state index contributed by atoms with van der Waals surface area (Å²) in [7, 11) is 0. The summed E-state index contributed by atoms with van der Waals surface area (Å²) in [6.45, 7) is 2.70. The fourth-order valence-corrected chi connectivity index (χ4v) is 2.58. The van der Waals surface area contributed by atoms with E-state index in [0.29, 0.717) is 17.7 Å². The van der Waals surface area contributed by atoms with E-state index >= 15 is 0 Å². The first kappa shape index (κ1) is 14.3. The van der Waals surface area contributed by atoms with E-state index in [1.165, 1.54) is 6.20 Å². The maximum atomic E-state index is 12.2. The number of amides is 2. The van der Waals surface area contributed by atoms with Gasteiger partial charge in [-0.1, -0.05) is 6.07 Å². The zero-order chi connectivity index (χ0) is 15.5. The SMILES string of the molecule is Cc1ccc(NC(=O)c2cccnc2)cc1N1CCCC1=O. The molecule has 0 bridgehead atoms. The number of carbonyl (C=O) groups excluding carboxylic acids is 2. The summed E-state index contributed by atoms with van der Waals surface area (Å²) in [5.74, 6) is -0.0745. The van der Waals surface area contributed by atoms with Gasteiger partial charge in [0.1, 0.15) is 0 Å². The molecule has 2 amide bonds. The molecule has 1 aromatic carbocycles. The van der Waals surface area contributed by atoms with Crippen LogP contribution in [0.1, 0.15) is 28.8 Å². The number of nitrogens with zero attached hydrogens (tertiary/aromatic N) is 2. The largest absolute Gasteiger partial charge is 0.322 e. The van der Waals surface area contributed by atoms with Gasteiger partial charge in [0, 0.05) is 36.7 Å². The Hall–Kier alpha value is -2.69. The number of hydrogen-bond acceptors (Lipinski definition) is 3. The smallest absolute Gasteiger partial charge is 0.257 e. The Morgan fingerprint density at radius 1 is 1.32 bits per heavy atom. The third-order valence-corrected chi connectivity index (χ3v) is 3.75. The highest BCUT2D eigenvalue weighted by atomic mass is 16.2. The zero-order valence-electron chi connectivity index (χ0n) is 12.4. The summed E-state index contributed by atoms with van der Waals surface area (Å²) in [5.41, 5.74) is 3.07. The number of rotatable bonds is 3. The molecule has 112 valence electrons. The van der Waals surface area contributed by atoms with Crippen LogP contribution in [-0.2, 0) is 4.79 Å². The van der Waals surface area contributed by atoms with Crippen LogP contribution in [-0.4, -0.2) is 23.3 Å². The van der Waals surface area contributed by atoms with Crippen molar-refractivity contribution in [1.29, 1.82) is 0 Å². The molecule has 0 spiro atoms. The molecule has 0 radical (unpaired) electrons. The number of aromatic nitrogens is 1. The molecule has 0 saturated carbocycles. The van der Waals surface area contributed by atoms with E-state index in [0.717, 1.165) is 24.2 Å². The lowest BCUT2D eigenvalue weighted by Crippen LogP contribution is -2.24. The maximum Gasteiger partial charge on any atom is 0.257 e. The average molecular weight is 295 g/mol. The van der Waals surface area contributed by atoms with E-state index in [4.69, 9.17) is 0 Å². The van der Waals surface area contributed by atoms with Crippen molar-refractivity contribution in [2.24, 2.45) is 0 Å². The van der Waals surface area contributed by atoms with Crippen LogP contribution in [0.2, 0.25) is 0 Å². The van der Waals surface area contributed by atoms with Crippen LogP contribution in [0.15, 0.2) is 42.7 Å². The summed E-state index contributed by atoms with van der Waals surface area (Å²) in [6, 6.07) is 9.04. The lowest BCUT2D eigenvalue weighted by atomic mass is 10.1. The number of hydrogen-bond donors (Lipinski definition) is 1. The summed E-state index contributed by atoms with van der Waals surface area (Å²) in [5, 5.41) is 2.85. The standard InChI is InChI=1S/C17H17N3O2/c1-12-6-7-14(10-15(12)20-9-3-5-16(20)21)19-17(22)13-4-2-8-18-11-13/h2,4,6-8,10-11H,3,5,9H2,1H3,(H,19,22). The molecule has 1 N–H and O–H groups in total. The molecular formula is C17H17N3O2. The molecule has 2 aromatic rings. The molecule has 0 aliphatic carbocycles. The molecule has 1 aliphatic rings. The van der Waals surface area contributed by atoms with Crippen molar-refractivity contribution in [2.45, 2.75) is 19.8 Å². The molecule has 0 unspecified atom stereocenters. The summed E-state index contributed by atoms with van der Waals surface area (Å²) in [6.07, 6.45) is 4.62. The molecule has 1 saturated heterocycles. The van der Waals surface area contributed by atoms with Gasteiger partial charge in [-0.2, -0.15) is 0 Å². The van der Waals surface area contributed by atoms with E-state index < -0.39 is 0 Å². The van der Waals surface area contributed by atoms with E-state index in [9.17, 15) is 9.59 Å². The van der Waals surface area contributed by atoms with Gasteiger partial charge in [-0.15, -0.1) is 0 Å². The van der Waals surface area contributed by atoms with Crippen molar-refractivity contribution >= 4 is 23.2 Å². The number of nitrogens with one attached hydrogen (secondary N) is 1. The van der Waals surface area contributed by atoms with Crippen LogP contribution < -0.4 is 10.2 Å². The lowest BCUT2D eigenvalue weighted by Gasteiger charge is -2.19. The quantitative estimate of drug-likeness (QED) is 0.947. The number of anilines is 2. The average Bonchev–Trinajstić information content (AvgIpc) is 2.96. The van der Waals surface area contributed by atoms with Crippen molar-refractivity contribution in [1.82, 2.24) is 4.98 Å². The van der Waals surface area contributed by atoms with Gasteiger partial charge in [-0.25, -0.2) is 0 Å². The predicted molar refractivity (Wildman–Crippen MR) is 85.0 cm³/mol. The van der Waals surface area contributed by atoms with Crippen LogP contribution >= 0.6 is 0 Å². The molecular weight excluding hydrogens is 278 g/mol. The van der Waals surface area contributed by atoms with Crippen LogP contribution in [0.3, 0.4) is 0 Å². The van der Waals surface area contributed by atoms with Crippen molar-refractivity contribution in [3.8, 4) is 0 Å². The van der Waals surface area contributed by atoms with Gasteiger partial charge < -0.3 is 10.2 Å². The first-order valence-electron chi connectivity index (χ1n) is 7.27. The van der Waals surface area contributed by atoms with E-state index in [2.05, 4.69) is 10.3 Å². The molecule has 3 rings (SSSR count). The van der Waals surface area contributed by atoms with Crippen LogP contribution in [0.25, 0.3) is 0 Å². The minimum Gasteiger partial charge on any atom is -0.322 e. The van der Waals surface area contributed by atoms with Crippen molar-refractivity contribution < 1.29 is 9.59 Å². The Morgan fingerprint density at radius 2 is 2.18 bits per heavy atom. The van der Waals surface area contributed by atoms with Crippen LogP contribution in [0.4, 0.5) is 11.4 Å². The Balaban J connectivity index is 1.83. The lowest BCUT2D eigenvalue weighted by molar-refractivity contribution is -0.117. The highest BCUT2D eigenvalue weighted by molar-refractivity contribution is 6.04. The van der Waals surface area contributed by atoms with Crippen molar-refractivity contribution in [3.63, 3.8) is 0 Å². The third-order valence-electron chi connectivity index (χ3n) is 3.75. The minimum absolute atomic E-state index is 0.138. The molecule has 22 heavy (non-hydrogen) atoms. The molecule has 5 heteroatoms. The van der Waals surface area contributed by atoms with Gasteiger partial charge in [0.25, 0.3) is 5.91 Å². The molecule has 1 fully saturated rings. The van der Waals surface area contributed by atoms with E-state index in [-0.39, 0.29) is 11.8 Å². The fraction of sp³-hybridized carbons (Fsp3) is 0.235.